The molecule has 0 radical (unpaired) electrons. The van der Waals surface area contributed by atoms with Crippen LogP contribution in [0.4, 0.5) is 4.39 Å². The Morgan fingerprint density at radius 2 is 2.24 bits per heavy atom. The second-order valence-electron chi connectivity index (χ2n) is 9.47. The van der Waals surface area contributed by atoms with Crippen LogP contribution in [0.15, 0.2) is 63.1 Å². The lowest BCUT2D eigenvalue weighted by atomic mass is 10.1. The lowest BCUT2D eigenvalue weighted by Gasteiger charge is -2.20. The number of rotatable bonds is 13. The molecule has 9 nitrogen and oxygen atoms in total. The third-order valence-corrected chi connectivity index (χ3v) is 6.78. The van der Waals surface area contributed by atoms with Gasteiger partial charge < -0.3 is 30.9 Å². The number of hydrogen-bond donors (Lipinski definition) is 4. The molecule has 212 valence electrons. The number of nitrogens with zero attached hydrogens (tertiary/aromatic N) is 2. The number of nitrogens with one attached hydrogen (secondary N) is 2. The first-order valence-corrected chi connectivity index (χ1v) is 13.1. The number of methoxy groups -OCH3 is 1. The summed E-state index contributed by atoms with van der Waals surface area (Å²) in [5.41, 5.74) is 7.16. The maximum absolute atomic E-state index is 14.5. The Kier molecular flexibility index (Phi) is 12.9. The summed E-state index contributed by atoms with van der Waals surface area (Å²) in [6.45, 7) is 8.37. The van der Waals surface area contributed by atoms with E-state index >= 15 is 0 Å². The first-order chi connectivity index (χ1) is 18.1. The number of carbonyl (C=O) groups is 1. The van der Waals surface area contributed by atoms with Crippen molar-refractivity contribution in [2.24, 2.45) is 10.7 Å². The van der Waals surface area contributed by atoms with Crippen LogP contribution in [-0.4, -0.2) is 74.3 Å². The Morgan fingerprint density at radius 1 is 1.50 bits per heavy atom. The fourth-order valence-electron chi connectivity index (χ4n) is 4.29. The van der Waals surface area contributed by atoms with Gasteiger partial charge in [0.15, 0.2) is 5.83 Å². The summed E-state index contributed by atoms with van der Waals surface area (Å²) in [5, 5.41) is 15.2. The van der Waals surface area contributed by atoms with Crippen molar-refractivity contribution < 1.29 is 23.8 Å². The van der Waals surface area contributed by atoms with E-state index in [1.165, 1.54) is 6.34 Å². The van der Waals surface area contributed by atoms with Crippen LogP contribution >= 0.6 is 11.6 Å². The van der Waals surface area contributed by atoms with Crippen molar-refractivity contribution in [3.63, 3.8) is 0 Å². The molecule has 0 saturated carbocycles. The molecule has 0 bridgehead atoms. The summed E-state index contributed by atoms with van der Waals surface area (Å²) in [6, 6.07) is -0.648. The summed E-state index contributed by atoms with van der Waals surface area (Å²) in [4.78, 5) is 18.7. The largest absolute Gasteiger partial charge is 0.497 e. The molecule has 11 heteroatoms. The van der Waals surface area contributed by atoms with Gasteiger partial charge in [-0.3, -0.25) is 9.69 Å². The average molecular weight is 554 g/mol. The minimum Gasteiger partial charge on any atom is -0.497 e. The van der Waals surface area contributed by atoms with E-state index in [0.29, 0.717) is 54.3 Å². The second kappa shape index (κ2) is 15.6. The van der Waals surface area contributed by atoms with Crippen molar-refractivity contribution in [3.05, 3.63) is 58.1 Å². The van der Waals surface area contributed by atoms with Crippen LogP contribution in [0.1, 0.15) is 46.0 Å². The summed E-state index contributed by atoms with van der Waals surface area (Å²) >= 11 is 5.99. The molecule has 0 aromatic heterocycles. The van der Waals surface area contributed by atoms with Gasteiger partial charge in [-0.2, -0.15) is 0 Å². The monoisotopic (exact) mass is 553 g/mol. The van der Waals surface area contributed by atoms with Crippen LogP contribution in [0.25, 0.3) is 0 Å². The number of likely N-dealkylation sites (tertiary alicyclic amines) is 1. The van der Waals surface area contributed by atoms with E-state index in [9.17, 15) is 14.3 Å². The van der Waals surface area contributed by atoms with Crippen LogP contribution in [0.3, 0.4) is 0 Å². The Hall–Kier alpha value is -2.82. The van der Waals surface area contributed by atoms with E-state index < -0.39 is 5.83 Å². The molecule has 0 spiro atoms. The predicted molar refractivity (Wildman–Crippen MR) is 149 cm³/mol. The lowest BCUT2D eigenvalue weighted by molar-refractivity contribution is -0.126. The molecule has 0 aromatic rings. The number of aliphatic imine (C=N–C) groups is 1. The maximum Gasteiger partial charge on any atom is 0.237 e. The third-order valence-electron chi connectivity index (χ3n) is 6.46. The molecule has 3 atom stereocenters. The zero-order chi connectivity index (χ0) is 28.2. The first-order valence-electron chi connectivity index (χ1n) is 12.7. The van der Waals surface area contributed by atoms with Gasteiger partial charge in [-0.05, 0) is 45.7 Å². The van der Waals surface area contributed by atoms with Gasteiger partial charge in [0.2, 0.25) is 5.91 Å². The normalized spacial score (nSPS) is 22.5. The number of amides is 1. The van der Waals surface area contributed by atoms with Crippen molar-refractivity contribution in [3.8, 4) is 0 Å². The van der Waals surface area contributed by atoms with Gasteiger partial charge >= 0.3 is 0 Å². The van der Waals surface area contributed by atoms with Crippen LogP contribution in [0.2, 0.25) is 0 Å². The lowest BCUT2D eigenvalue weighted by Crippen LogP contribution is -2.45. The van der Waals surface area contributed by atoms with Gasteiger partial charge in [0, 0.05) is 37.7 Å². The smallest absolute Gasteiger partial charge is 0.237 e. The standard InChI is InChI=1S/C27H41ClFN5O4/c1-17(13-31-23-9-7-6-8-21(28)26(23)29)22(32-16-30)10-11-25(37-5)19(3)38-20-12-24(34(4)14-20)27(36)33-18(2)15-35/h8,10,16,18,20,24,31,35H,1,6-7,9,11-15H2,2-5H3,(H2,30,32)(H,33,36)/b22-10+,25-19-/t18?,20?,24-/m1/s1. The molecular weight excluding hydrogens is 513 g/mol. The maximum atomic E-state index is 14.5. The fourth-order valence-corrected chi connectivity index (χ4v) is 4.52. The molecule has 5 N–H and O–H groups in total. The molecule has 1 saturated heterocycles. The molecule has 0 aromatic carbocycles. The third kappa shape index (κ3) is 9.18. The molecule has 1 amide bonds. The number of ether oxygens (including phenoxy) is 2. The van der Waals surface area contributed by atoms with Gasteiger partial charge in [0.25, 0.3) is 0 Å². The minimum absolute atomic E-state index is 0.117. The Bertz CT molecular complexity index is 1010. The minimum atomic E-state index is -0.442. The molecule has 1 aliphatic heterocycles. The van der Waals surface area contributed by atoms with E-state index in [-0.39, 0.29) is 42.3 Å². The van der Waals surface area contributed by atoms with Gasteiger partial charge in [-0.25, -0.2) is 9.38 Å². The van der Waals surface area contributed by atoms with E-state index in [0.717, 1.165) is 12.8 Å². The quantitative estimate of drug-likeness (QED) is 0.119. The number of likely N-dealkylation sites (N-methyl/N-ethyl adjacent to an activating group) is 1. The number of halogens is 2. The van der Waals surface area contributed by atoms with Gasteiger partial charge in [0.05, 0.1) is 36.8 Å². The average Bonchev–Trinajstić information content (AvgIpc) is 3.18. The van der Waals surface area contributed by atoms with Crippen LogP contribution in [0.5, 0.6) is 0 Å². The molecule has 1 heterocycles. The first kappa shape index (κ1) is 31.4. The summed E-state index contributed by atoms with van der Waals surface area (Å²) in [6.07, 6.45) is 7.44. The fraction of sp³-hybridized carbons (Fsp3) is 0.556. The number of carbonyl (C=O) groups excluding carboxylic acids is 1. The molecule has 38 heavy (non-hydrogen) atoms. The van der Waals surface area contributed by atoms with Crippen molar-refractivity contribution >= 4 is 23.8 Å². The predicted octanol–water partition coefficient (Wildman–Crippen LogP) is 3.35. The highest BCUT2D eigenvalue weighted by atomic mass is 35.5. The highest BCUT2D eigenvalue weighted by Gasteiger charge is 2.36. The summed E-state index contributed by atoms with van der Waals surface area (Å²) in [7, 11) is 3.43. The highest BCUT2D eigenvalue weighted by molar-refractivity contribution is 6.31. The molecule has 1 aliphatic carbocycles. The summed E-state index contributed by atoms with van der Waals surface area (Å²) < 4.78 is 26.2. The number of hydrogen-bond acceptors (Lipinski definition) is 7. The zero-order valence-electron chi connectivity index (χ0n) is 22.7. The SMILES string of the molecule is C=C(CNC1=C(F)C(Cl)=CCCC1)/C(=C\C/C(OC)=C(\C)OC1C[C@H](C(=O)NC(C)CO)N(C)C1)N=CN. The van der Waals surface area contributed by atoms with E-state index in [4.69, 9.17) is 26.8 Å². The molecular formula is C27H41ClFN5O4. The van der Waals surface area contributed by atoms with E-state index in [2.05, 4.69) is 22.2 Å². The van der Waals surface area contributed by atoms with Crippen molar-refractivity contribution in [2.45, 2.75) is 64.1 Å². The molecule has 2 unspecified atom stereocenters. The van der Waals surface area contributed by atoms with Crippen LogP contribution in [0, 0.1) is 0 Å². The van der Waals surface area contributed by atoms with E-state index in [1.54, 1.807) is 20.1 Å². The van der Waals surface area contributed by atoms with Crippen molar-refractivity contribution in [2.75, 3.05) is 33.9 Å². The Morgan fingerprint density at radius 3 is 2.89 bits per heavy atom. The van der Waals surface area contributed by atoms with Gasteiger partial charge in [0.1, 0.15) is 17.6 Å². The Labute approximate surface area is 230 Å². The highest BCUT2D eigenvalue weighted by Crippen LogP contribution is 2.27. The van der Waals surface area contributed by atoms with Crippen molar-refractivity contribution in [1.29, 1.82) is 0 Å². The topological polar surface area (TPSA) is 121 Å². The molecule has 2 rings (SSSR count). The number of aliphatic hydroxyl groups excluding tert-OH is 1. The van der Waals surface area contributed by atoms with Crippen LogP contribution < -0.4 is 16.4 Å². The summed E-state index contributed by atoms with van der Waals surface area (Å²) in [5.74, 6) is 0.613. The molecule has 2 aliphatic rings. The van der Waals surface area contributed by atoms with Gasteiger partial charge in [-0.15, -0.1) is 0 Å². The van der Waals surface area contributed by atoms with Crippen LogP contribution in [-0.2, 0) is 14.3 Å². The zero-order valence-corrected chi connectivity index (χ0v) is 23.5. The Balaban J connectivity index is 2.04. The number of nitrogens with two attached hydrogens (primary N) is 1. The molecule has 1 fully saturated rings. The number of aliphatic hydroxyl groups is 1. The van der Waals surface area contributed by atoms with Crippen molar-refractivity contribution in [1.82, 2.24) is 15.5 Å². The second-order valence-corrected chi connectivity index (χ2v) is 9.88. The van der Waals surface area contributed by atoms with Gasteiger partial charge in [-0.1, -0.05) is 30.3 Å². The number of allylic oxidation sites excluding steroid dienone is 6. The van der Waals surface area contributed by atoms with E-state index in [1.807, 2.05) is 24.9 Å².